The van der Waals surface area contributed by atoms with Gasteiger partial charge in [0.25, 0.3) is 0 Å². The fourth-order valence-electron chi connectivity index (χ4n) is 1.39. The molecule has 1 rings (SSSR count). The molecule has 1 unspecified atom stereocenters. The zero-order chi connectivity index (χ0) is 13.0. The lowest BCUT2D eigenvalue weighted by Crippen LogP contribution is -2.35. The van der Waals surface area contributed by atoms with Crippen LogP contribution in [0.1, 0.15) is 26.3 Å². The molecule has 0 fully saturated rings. The highest BCUT2D eigenvalue weighted by atomic mass is 32.2. The number of thioether (sulfide) groups is 1. The largest absolute Gasteiger partial charge is 0.399 e. The summed E-state index contributed by atoms with van der Waals surface area (Å²) in [5.41, 5.74) is 7.62. The Hall–Kier alpha value is -1.16. The van der Waals surface area contributed by atoms with Crippen LogP contribution in [-0.2, 0) is 4.79 Å². The van der Waals surface area contributed by atoms with E-state index in [1.165, 1.54) is 0 Å². The number of aryl methyl sites for hydroxylation is 1. The van der Waals surface area contributed by atoms with Crippen molar-refractivity contribution in [3.63, 3.8) is 0 Å². The van der Waals surface area contributed by atoms with E-state index < -0.39 is 0 Å². The molecule has 94 valence electrons. The van der Waals surface area contributed by atoms with Gasteiger partial charge in [0.2, 0.25) is 5.91 Å². The Labute approximate surface area is 107 Å². The van der Waals surface area contributed by atoms with E-state index in [1.807, 2.05) is 45.9 Å². The van der Waals surface area contributed by atoms with Crippen LogP contribution in [0.5, 0.6) is 0 Å². The van der Waals surface area contributed by atoms with Crippen molar-refractivity contribution in [2.24, 2.45) is 0 Å². The van der Waals surface area contributed by atoms with Crippen molar-refractivity contribution in [1.82, 2.24) is 5.32 Å². The molecule has 0 radical (unpaired) electrons. The highest BCUT2D eigenvalue weighted by Crippen LogP contribution is 2.28. The quantitative estimate of drug-likeness (QED) is 0.639. The number of carbonyl (C=O) groups excluding carboxylic acids is 1. The Bertz CT molecular complexity index is 404. The summed E-state index contributed by atoms with van der Waals surface area (Å²) in [6.45, 7) is 7.85. The van der Waals surface area contributed by atoms with Crippen molar-refractivity contribution in [3.05, 3.63) is 23.8 Å². The smallest absolute Gasteiger partial charge is 0.233 e. The zero-order valence-electron chi connectivity index (χ0n) is 10.8. The lowest BCUT2D eigenvalue weighted by Gasteiger charge is -2.15. The standard InChI is InChI=1S/C13H20N2OS/c1-8(2)15-13(16)10(4)17-12-7-11(14)6-5-9(12)3/h5-8,10H,14H2,1-4H3,(H,15,16). The minimum absolute atomic E-state index is 0.0619. The van der Waals surface area contributed by atoms with Gasteiger partial charge in [-0.25, -0.2) is 0 Å². The number of carbonyl (C=O) groups is 1. The van der Waals surface area contributed by atoms with E-state index in [0.717, 1.165) is 16.1 Å². The fourth-order valence-corrected chi connectivity index (χ4v) is 2.40. The van der Waals surface area contributed by atoms with Gasteiger partial charge in [-0.1, -0.05) is 6.07 Å². The van der Waals surface area contributed by atoms with Gasteiger partial charge in [-0.3, -0.25) is 4.79 Å². The highest BCUT2D eigenvalue weighted by Gasteiger charge is 2.15. The van der Waals surface area contributed by atoms with Gasteiger partial charge in [0.15, 0.2) is 0 Å². The number of nitrogen functional groups attached to an aromatic ring is 1. The van der Waals surface area contributed by atoms with Crippen LogP contribution < -0.4 is 11.1 Å². The summed E-state index contributed by atoms with van der Waals surface area (Å²) in [5, 5.41) is 2.79. The van der Waals surface area contributed by atoms with E-state index in [2.05, 4.69) is 5.32 Å². The van der Waals surface area contributed by atoms with Crippen molar-refractivity contribution < 1.29 is 4.79 Å². The second-order valence-electron chi connectivity index (χ2n) is 4.45. The van der Waals surface area contributed by atoms with Gasteiger partial charge >= 0.3 is 0 Å². The summed E-state index contributed by atoms with van der Waals surface area (Å²) >= 11 is 1.54. The lowest BCUT2D eigenvalue weighted by molar-refractivity contribution is -0.120. The fraction of sp³-hybridized carbons (Fsp3) is 0.462. The van der Waals surface area contributed by atoms with Crippen molar-refractivity contribution >= 4 is 23.4 Å². The van der Waals surface area contributed by atoms with E-state index in [0.29, 0.717) is 0 Å². The summed E-state index contributed by atoms with van der Waals surface area (Å²) in [6, 6.07) is 5.94. The third-order valence-electron chi connectivity index (χ3n) is 2.32. The molecule has 0 aliphatic rings. The molecule has 1 atom stereocenters. The summed E-state index contributed by atoms with van der Waals surface area (Å²) < 4.78 is 0. The third-order valence-corrected chi connectivity index (χ3v) is 3.58. The van der Waals surface area contributed by atoms with Crippen LogP contribution in [0.4, 0.5) is 5.69 Å². The molecular weight excluding hydrogens is 232 g/mol. The molecular formula is C13H20N2OS. The molecule has 0 aromatic heterocycles. The van der Waals surface area contributed by atoms with Crippen LogP contribution in [0.15, 0.2) is 23.1 Å². The number of rotatable bonds is 4. The molecule has 17 heavy (non-hydrogen) atoms. The molecule has 0 aliphatic carbocycles. The minimum atomic E-state index is -0.113. The maximum absolute atomic E-state index is 11.8. The van der Waals surface area contributed by atoms with Crippen molar-refractivity contribution in [2.45, 2.75) is 43.9 Å². The van der Waals surface area contributed by atoms with E-state index in [-0.39, 0.29) is 17.2 Å². The maximum atomic E-state index is 11.8. The normalized spacial score (nSPS) is 12.5. The van der Waals surface area contributed by atoms with Crippen LogP contribution in [0.2, 0.25) is 0 Å². The van der Waals surface area contributed by atoms with Crippen LogP contribution in [0, 0.1) is 6.92 Å². The number of hydrogen-bond acceptors (Lipinski definition) is 3. The Balaban J connectivity index is 2.70. The predicted molar refractivity (Wildman–Crippen MR) is 74.2 cm³/mol. The second kappa shape index (κ2) is 5.96. The number of benzene rings is 1. The van der Waals surface area contributed by atoms with Crippen LogP contribution in [-0.4, -0.2) is 17.2 Å². The molecule has 1 aromatic carbocycles. The topological polar surface area (TPSA) is 55.1 Å². The number of nitrogens with two attached hydrogens (primary N) is 1. The first-order chi connectivity index (χ1) is 7.90. The highest BCUT2D eigenvalue weighted by molar-refractivity contribution is 8.00. The third kappa shape index (κ3) is 4.30. The molecule has 1 aromatic rings. The summed E-state index contributed by atoms with van der Waals surface area (Å²) in [5.74, 6) is 0.0619. The van der Waals surface area contributed by atoms with Gasteiger partial charge in [-0.05, 0) is 45.4 Å². The van der Waals surface area contributed by atoms with E-state index in [4.69, 9.17) is 5.73 Å². The van der Waals surface area contributed by atoms with Crippen LogP contribution in [0.3, 0.4) is 0 Å². The number of hydrogen-bond donors (Lipinski definition) is 2. The zero-order valence-corrected chi connectivity index (χ0v) is 11.6. The van der Waals surface area contributed by atoms with Gasteiger partial charge in [-0.15, -0.1) is 11.8 Å². The first kappa shape index (κ1) is 13.9. The maximum Gasteiger partial charge on any atom is 0.233 e. The van der Waals surface area contributed by atoms with Crippen molar-refractivity contribution in [1.29, 1.82) is 0 Å². The Morgan fingerprint density at radius 1 is 1.35 bits per heavy atom. The summed E-state index contributed by atoms with van der Waals surface area (Å²) in [7, 11) is 0. The monoisotopic (exact) mass is 252 g/mol. The van der Waals surface area contributed by atoms with E-state index >= 15 is 0 Å². The predicted octanol–water partition coefficient (Wildman–Crippen LogP) is 2.58. The van der Waals surface area contributed by atoms with Crippen LogP contribution >= 0.6 is 11.8 Å². The molecule has 4 heteroatoms. The SMILES string of the molecule is Cc1ccc(N)cc1SC(C)C(=O)NC(C)C. The summed E-state index contributed by atoms with van der Waals surface area (Å²) in [6.07, 6.45) is 0. The van der Waals surface area contributed by atoms with Crippen LogP contribution in [0.25, 0.3) is 0 Å². The Kier molecular flexibility index (Phi) is 4.87. The first-order valence-electron chi connectivity index (χ1n) is 5.73. The molecule has 0 aliphatic heterocycles. The van der Waals surface area contributed by atoms with Gasteiger partial charge in [0, 0.05) is 16.6 Å². The number of anilines is 1. The van der Waals surface area contributed by atoms with E-state index in [9.17, 15) is 4.79 Å². The second-order valence-corrected chi connectivity index (χ2v) is 5.83. The average molecular weight is 252 g/mol. The van der Waals surface area contributed by atoms with Crippen molar-refractivity contribution in [2.75, 3.05) is 5.73 Å². The lowest BCUT2D eigenvalue weighted by atomic mass is 10.2. The molecule has 0 saturated heterocycles. The number of amides is 1. The molecule has 0 saturated carbocycles. The Morgan fingerprint density at radius 2 is 2.00 bits per heavy atom. The molecule has 0 heterocycles. The van der Waals surface area contributed by atoms with Crippen molar-refractivity contribution in [3.8, 4) is 0 Å². The Morgan fingerprint density at radius 3 is 2.59 bits per heavy atom. The number of nitrogens with one attached hydrogen (secondary N) is 1. The van der Waals surface area contributed by atoms with Gasteiger partial charge in [0.1, 0.15) is 0 Å². The molecule has 3 nitrogen and oxygen atoms in total. The molecule has 3 N–H and O–H groups in total. The molecule has 0 spiro atoms. The average Bonchev–Trinajstić information content (AvgIpc) is 2.22. The minimum Gasteiger partial charge on any atom is -0.399 e. The van der Waals surface area contributed by atoms with Gasteiger partial charge in [0.05, 0.1) is 5.25 Å². The van der Waals surface area contributed by atoms with Gasteiger partial charge < -0.3 is 11.1 Å². The molecule has 1 amide bonds. The summed E-state index contributed by atoms with van der Waals surface area (Å²) in [4.78, 5) is 12.9. The molecule has 0 bridgehead atoms. The van der Waals surface area contributed by atoms with Gasteiger partial charge in [-0.2, -0.15) is 0 Å². The first-order valence-corrected chi connectivity index (χ1v) is 6.61. The van der Waals surface area contributed by atoms with E-state index in [1.54, 1.807) is 11.8 Å².